The Morgan fingerprint density at radius 1 is 1.37 bits per heavy atom. The number of thiophene rings is 2. The molecule has 0 amide bonds. The van der Waals surface area contributed by atoms with Crippen molar-refractivity contribution in [1.29, 1.82) is 0 Å². The van der Waals surface area contributed by atoms with Gasteiger partial charge in [-0.1, -0.05) is 0 Å². The number of nitrogens with two attached hydrogens (primary N) is 1. The molecular weight excluding hydrogens is 300 g/mol. The Morgan fingerprint density at radius 2 is 2.16 bits per heavy atom. The third kappa shape index (κ3) is 2.69. The van der Waals surface area contributed by atoms with Crippen LogP contribution >= 0.6 is 22.7 Å². The number of rotatable bonds is 5. The normalized spacial score (nSPS) is 16.1. The van der Waals surface area contributed by atoms with Crippen LogP contribution in [0, 0.1) is 0 Å². The highest BCUT2D eigenvalue weighted by Gasteiger charge is 2.38. The average Bonchev–Trinajstić information content (AvgIpc) is 2.88. The van der Waals surface area contributed by atoms with E-state index in [1.165, 1.54) is 11.3 Å². The maximum absolute atomic E-state index is 12.6. The van der Waals surface area contributed by atoms with E-state index in [2.05, 4.69) is 0 Å². The highest BCUT2D eigenvalue weighted by molar-refractivity contribution is 7.91. The summed E-state index contributed by atoms with van der Waals surface area (Å²) in [6, 6.07) is 3.66. The van der Waals surface area contributed by atoms with E-state index in [0.717, 1.165) is 18.4 Å². The molecule has 1 fully saturated rings. The molecule has 2 N–H and O–H groups in total. The maximum atomic E-state index is 12.6. The van der Waals surface area contributed by atoms with E-state index in [1.807, 2.05) is 16.8 Å². The Labute approximate surface area is 120 Å². The van der Waals surface area contributed by atoms with Gasteiger partial charge in [-0.2, -0.15) is 15.6 Å². The Hall–Kier alpha value is -0.890. The lowest BCUT2D eigenvalue weighted by molar-refractivity contribution is 0.400. The summed E-state index contributed by atoms with van der Waals surface area (Å²) in [6.45, 7) is 0.453. The van der Waals surface area contributed by atoms with E-state index < -0.39 is 10.0 Å². The third-order valence-electron chi connectivity index (χ3n) is 3.03. The molecule has 0 unspecified atom stereocenters. The van der Waals surface area contributed by atoms with Crippen molar-refractivity contribution in [3.63, 3.8) is 0 Å². The summed E-state index contributed by atoms with van der Waals surface area (Å²) < 4.78 is 27.2. The van der Waals surface area contributed by atoms with E-state index in [0.29, 0.717) is 16.4 Å². The van der Waals surface area contributed by atoms with Gasteiger partial charge in [0.15, 0.2) is 0 Å². The van der Waals surface area contributed by atoms with Crippen LogP contribution in [0.2, 0.25) is 0 Å². The quantitative estimate of drug-likeness (QED) is 0.923. The van der Waals surface area contributed by atoms with Crippen molar-refractivity contribution in [3.8, 4) is 0 Å². The summed E-state index contributed by atoms with van der Waals surface area (Å²) in [6.07, 6.45) is 1.90. The molecule has 2 aromatic heterocycles. The van der Waals surface area contributed by atoms with Crippen molar-refractivity contribution >= 4 is 38.4 Å². The Morgan fingerprint density at radius 3 is 2.68 bits per heavy atom. The fraction of sp³-hybridized carbons (Fsp3) is 0.333. The molecule has 0 atom stereocenters. The van der Waals surface area contributed by atoms with Crippen LogP contribution in [0.1, 0.15) is 18.4 Å². The number of nitrogen functional groups attached to an aromatic ring is 1. The Kier molecular flexibility index (Phi) is 3.38. The second-order valence-corrected chi connectivity index (χ2v) is 8.42. The largest absolute Gasteiger partial charge is 0.398 e. The van der Waals surface area contributed by atoms with Crippen LogP contribution in [0.25, 0.3) is 0 Å². The molecule has 1 aliphatic carbocycles. The molecule has 3 rings (SSSR count). The van der Waals surface area contributed by atoms with Crippen molar-refractivity contribution in [2.45, 2.75) is 29.6 Å². The predicted octanol–water partition coefficient (Wildman–Crippen LogP) is 2.75. The van der Waals surface area contributed by atoms with Crippen LogP contribution < -0.4 is 5.73 Å². The van der Waals surface area contributed by atoms with Gasteiger partial charge in [-0.05, 0) is 41.3 Å². The van der Waals surface area contributed by atoms with E-state index in [9.17, 15) is 8.42 Å². The highest BCUT2D eigenvalue weighted by Crippen LogP contribution is 2.35. The number of hydrogen-bond acceptors (Lipinski definition) is 5. The minimum Gasteiger partial charge on any atom is -0.398 e. The van der Waals surface area contributed by atoms with Crippen molar-refractivity contribution < 1.29 is 8.42 Å². The number of sulfonamides is 1. The van der Waals surface area contributed by atoms with Gasteiger partial charge in [0, 0.05) is 23.7 Å². The zero-order chi connectivity index (χ0) is 13.5. The molecule has 1 aliphatic rings. The molecular formula is C12H14N2O2S3. The van der Waals surface area contributed by atoms with Crippen LogP contribution in [0.4, 0.5) is 5.69 Å². The maximum Gasteiger partial charge on any atom is 0.253 e. The van der Waals surface area contributed by atoms with Gasteiger partial charge in [-0.3, -0.25) is 0 Å². The average molecular weight is 314 g/mol. The van der Waals surface area contributed by atoms with Crippen molar-refractivity contribution in [2.75, 3.05) is 5.73 Å². The lowest BCUT2D eigenvalue weighted by Crippen LogP contribution is -2.32. The number of hydrogen-bond donors (Lipinski definition) is 1. The molecule has 2 heterocycles. The van der Waals surface area contributed by atoms with Crippen LogP contribution in [-0.2, 0) is 16.6 Å². The van der Waals surface area contributed by atoms with E-state index in [1.54, 1.807) is 27.1 Å². The molecule has 1 saturated carbocycles. The summed E-state index contributed by atoms with van der Waals surface area (Å²) in [5, 5.41) is 5.63. The molecule has 19 heavy (non-hydrogen) atoms. The summed E-state index contributed by atoms with van der Waals surface area (Å²) >= 11 is 2.78. The summed E-state index contributed by atoms with van der Waals surface area (Å²) in [7, 11) is -3.42. The first-order chi connectivity index (χ1) is 9.07. The predicted molar refractivity (Wildman–Crippen MR) is 78.8 cm³/mol. The van der Waals surface area contributed by atoms with Gasteiger partial charge in [-0.25, -0.2) is 8.42 Å². The van der Waals surface area contributed by atoms with Gasteiger partial charge >= 0.3 is 0 Å². The van der Waals surface area contributed by atoms with Gasteiger partial charge < -0.3 is 5.73 Å². The fourth-order valence-electron chi connectivity index (χ4n) is 1.92. The molecule has 4 nitrogen and oxygen atoms in total. The molecule has 0 bridgehead atoms. The van der Waals surface area contributed by atoms with Crippen LogP contribution in [-0.4, -0.2) is 18.8 Å². The first-order valence-corrected chi connectivity index (χ1v) is 9.20. The first kappa shape index (κ1) is 13.1. The highest BCUT2D eigenvalue weighted by atomic mass is 32.2. The molecule has 0 aliphatic heterocycles. The lowest BCUT2D eigenvalue weighted by atomic mass is 10.3. The summed E-state index contributed by atoms with van der Waals surface area (Å²) in [4.78, 5) is 0. The van der Waals surface area contributed by atoms with Crippen molar-refractivity contribution in [1.82, 2.24) is 4.31 Å². The molecule has 7 heteroatoms. The van der Waals surface area contributed by atoms with Gasteiger partial charge in [0.05, 0.1) is 0 Å². The SMILES string of the molecule is Nc1csc(S(=O)(=O)N(Cc2ccsc2)C2CC2)c1. The second kappa shape index (κ2) is 4.90. The molecule has 0 radical (unpaired) electrons. The Balaban J connectivity index is 1.91. The van der Waals surface area contributed by atoms with Crippen molar-refractivity contribution in [3.05, 3.63) is 33.8 Å². The number of nitrogens with zero attached hydrogens (tertiary/aromatic N) is 1. The Bertz CT molecular complexity index is 657. The monoisotopic (exact) mass is 314 g/mol. The fourth-order valence-corrected chi connectivity index (χ4v) is 5.46. The molecule has 0 spiro atoms. The lowest BCUT2D eigenvalue weighted by Gasteiger charge is -2.20. The van der Waals surface area contributed by atoms with Gasteiger partial charge in [-0.15, -0.1) is 11.3 Å². The first-order valence-electron chi connectivity index (χ1n) is 5.94. The minimum atomic E-state index is -3.42. The van der Waals surface area contributed by atoms with Crippen LogP contribution in [0.5, 0.6) is 0 Å². The number of anilines is 1. The van der Waals surface area contributed by atoms with E-state index in [4.69, 9.17) is 5.73 Å². The van der Waals surface area contributed by atoms with Gasteiger partial charge in [0.2, 0.25) is 0 Å². The molecule has 0 saturated heterocycles. The summed E-state index contributed by atoms with van der Waals surface area (Å²) in [5.41, 5.74) is 7.19. The smallest absolute Gasteiger partial charge is 0.253 e. The zero-order valence-corrected chi connectivity index (χ0v) is 12.6. The molecule has 2 aromatic rings. The molecule has 0 aromatic carbocycles. The standard InChI is InChI=1S/C12H14N2O2S3/c13-10-5-12(18-8-10)19(15,16)14(11-1-2-11)6-9-3-4-17-7-9/h3-5,7-8,11H,1-2,6,13H2. The van der Waals surface area contributed by atoms with E-state index in [-0.39, 0.29) is 6.04 Å². The molecule has 102 valence electrons. The third-order valence-corrected chi connectivity index (χ3v) is 7.10. The zero-order valence-electron chi connectivity index (χ0n) is 10.2. The van der Waals surface area contributed by atoms with Gasteiger partial charge in [0.25, 0.3) is 10.0 Å². The van der Waals surface area contributed by atoms with Crippen molar-refractivity contribution in [2.24, 2.45) is 0 Å². The summed E-state index contributed by atoms with van der Waals surface area (Å²) in [5.74, 6) is 0. The van der Waals surface area contributed by atoms with Gasteiger partial charge in [0.1, 0.15) is 4.21 Å². The minimum absolute atomic E-state index is 0.147. The van der Waals surface area contributed by atoms with Crippen LogP contribution in [0.15, 0.2) is 32.5 Å². The second-order valence-electron chi connectivity index (χ2n) is 4.61. The van der Waals surface area contributed by atoms with E-state index >= 15 is 0 Å². The van der Waals surface area contributed by atoms with Crippen LogP contribution in [0.3, 0.4) is 0 Å². The topological polar surface area (TPSA) is 63.4 Å².